The minimum Gasteiger partial charge on any atom is -0.383 e. The molecule has 0 aliphatic rings. The summed E-state index contributed by atoms with van der Waals surface area (Å²) in [6, 6.07) is 6.38. The van der Waals surface area contributed by atoms with E-state index in [-0.39, 0.29) is 0 Å². The van der Waals surface area contributed by atoms with Crippen LogP contribution in [-0.2, 0) is 11.3 Å². The average molecular weight is 271 g/mol. The zero-order valence-corrected chi connectivity index (χ0v) is 12.4. The minimum absolute atomic E-state index is 0.328. The molecular weight excluding hydrogens is 248 g/mol. The van der Waals surface area contributed by atoms with Crippen molar-refractivity contribution in [1.29, 1.82) is 0 Å². The summed E-state index contributed by atoms with van der Waals surface area (Å²) in [5.41, 5.74) is 2.33. The van der Waals surface area contributed by atoms with Crippen LogP contribution < -0.4 is 10.2 Å². The second-order valence-electron chi connectivity index (χ2n) is 4.36. The first-order chi connectivity index (χ1) is 8.65. The molecule has 1 atom stereocenters. The van der Waals surface area contributed by atoms with Crippen molar-refractivity contribution in [1.82, 2.24) is 5.32 Å². The van der Waals surface area contributed by atoms with Crippen molar-refractivity contribution >= 4 is 17.3 Å². The van der Waals surface area contributed by atoms with Crippen molar-refractivity contribution in [2.24, 2.45) is 0 Å². The van der Waals surface area contributed by atoms with Crippen LogP contribution in [0, 0.1) is 0 Å². The van der Waals surface area contributed by atoms with E-state index in [4.69, 9.17) is 16.3 Å². The molecule has 1 N–H and O–H groups in total. The van der Waals surface area contributed by atoms with E-state index < -0.39 is 0 Å². The van der Waals surface area contributed by atoms with Gasteiger partial charge in [-0.3, -0.25) is 0 Å². The van der Waals surface area contributed by atoms with Gasteiger partial charge in [0.15, 0.2) is 0 Å². The number of methoxy groups -OCH3 is 1. The van der Waals surface area contributed by atoms with Crippen molar-refractivity contribution in [2.45, 2.75) is 26.4 Å². The van der Waals surface area contributed by atoms with Gasteiger partial charge in [0.2, 0.25) is 0 Å². The molecule has 0 amide bonds. The van der Waals surface area contributed by atoms with Crippen LogP contribution >= 0.6 is 11.6 Å². The molecule has 0 bridgehead atoms. The molecule has 0 fully saturated rings. The van der Waals surface area contributed by atoms with Crippen molar-refractivity contribution < 1.29 is 4.74 Å². The zero-order valence-electron chi connectivity index (χ0n) is 11.7. The third-order valence-electron chi connectivity index (χ3n) is 3.04. The lowest BCUT2D eigenvalue weighted by Gasteiger charge is -2.32. The number of rotatable bonds is 7. The third-order valence-corrected chi connectivity index (χ3v) is 3.39. The molecule has 0 saturated heterocycles. The van der Waals surface area contributed by atoms with Gasteiger partial charge in [-0.1, -0.05) is 17.7 Å². The van der Waals surface area contributed by atoms with Crippen LogP contribution in [0.2, 0.25) is 5.02 Å². The Labute approximate surface area is 115 Å². The van der Waals surface area contributed by atoms with E-state index >= 15 is 0 Å². The number of nitrogens with zero attached hydrogens (tertiary/aromatic N) is 1. The quantitative estimate of drug-likeness (QED) is 0.825. The SMILES string of the molecule is CCN(c1cccc(Cl)c1CNC)C(C)COC. The Bertz CT molecular complexity index is 371. The highest BCUT2D eigenvalue weighted by atomic mass is 35.5. The number of ether oxygens (including phenoxy) is 1. The highest BCUT2D eigenvalue weighted by Gasteiger charge is 2.17. The summed E-state index contributed by atoms with van der Waals surface area (Å²) in [4.78, 5) is 2.32. The largest absolute Gasteiger partial charge is 0.383 e. The predicted molar refractivity (Wildman–Crippen MR) is 78.6 cm³/mol. The molecule has 1 aromatic carbocycles. The first-order valence-corrected chi connectivity index (χ1v) is 6.71. The van der Waals surface area contributed by atoms with Crippen molar-refractivity contribution in [3.63, 3.8) is 0 Å². The number of hydrogen-bond donors (Lipinski definition) is 1. The number of halogens is 1. The molecule has 1 aromatic rings. The maximum Gasteiger partial charge on any atom is 0.0663 e. The van der Waals surface area contributed by atoms with Crippen LogP contribution in [0.5, 0.6) is 0 Å². The molecule has 1 unspecified atom stereocenters. The number of benzene rings is 1. The van der Waals surface area contributed by atoms with Gasteiger partial charge in [-0.15, -0.1) is 0 Å². The molecule has 102 valence electrons. The smallest absolute Gasteiger partial charge is 0.0663 e. The summed E-state index contributed by atoms with van der Waals surface area (Å²) in [6.45, 7) is 6.72. The Morgan fingerprint density at radius 3 is 2.72 bits per heavy atom. The first kappa shape index (κ1) is 15.3. The molecule has 0 aliphatic carbocycles. The van der Waals surface area contributed by atoms with E-state index in [0.29, 0.717) is 12.6 Å². The van der Waals surface area contributed by atoms with Gasteiger partial charge >= 0.3 is 0 Å². The fourth-order valence-corrected chi connectivity index (χ4v) is 2.46. The maximum atomic E-state index is 6.29. The zero-order chi connectivity index (χ0) is 13.5. The highest BCUT2D eigenvalue weighted by molar-refractivity contribution is 6.31. The second kappa shape index (κ2) is 7.62. The topological polar surface area (TPSA) is 24.5 Å². The van der Waals surface area contributed by atoms with Gasteiger partial charge in [0, 0.05) is 42.5 Å². The number of nitrogens with one attached hydrogen (secondary N) is 1. The lowest BCUT2D eigenvalue weighted by atomic mass is 10.1. The van der Waals surface area contributed by atoms with Crippen LogP contribution in [0.3, 0.4) is 0 Å². The Morgan fingerprint density at radius 1 is 1.44 bits per heavy atom. The van der Waals surface area contributed by atoms with Crippen LogP contribution in [0.15, 0.2) is 18.2 Å². The maximum absolute atomic E-state index is 6.29. The summed E-state index contributed by atoms with van der Waals surface area (Å²) < 4.78 is 5.25. The van der Waals surface area contributed by atoms with Gasteiger partial charge < -0.3 is 15.0 Å². The molecule has 0 aromatic heterocycles. The molecule has 0 aliphatic heterocycles. The molecule has 0 saturated carbocycles. The third kappa shape index (κ3) is 3.61. The van der Waals surface area contributed by atoms with Crippen LogP contribution in [0.4, 0.5) is 5.69 Å². The molecule has 0 heterocycles. The lowest BCUT2D eigenvalue weighted by Crippen LogP contribution is -2.37. The van der Waals surface area contributed by atoms with Crippen molar-refractivity contribution in [2.75, 3.05) is 32.2 Å². The molecular formula is C14H23ClN2O. The Hall–Kier alpha value is -0.770. The van der Waals surface area contributed by atoms with E-state index in [1.807, 2.05) is 19.2 Å². The lowest BCUT2D eigenvalue weighted by molar-refractivity contribution is 0.182. The fraction of sp³-hybridized carbons (Fsp3) is 0.571. The summed E-state index contributed by atoms with van der Waals surface area (Å²) in [6.07, 6.45) is 0. The van der Waals surface area contributed by atoms with Crippen LogP contribution in [0.25, 0.3) is 0 Å². The fourth-order valence-electron chi connectivity index (χ4n) is 2.22. The van der Waals surface area contributed by atoms with Gasteiger partial charge in [-0.2, -0.15) is 0 Å². The summed E-state index contributed by atoms with van der Waals surface area (Å²) >= 11 is 6.29. The number of likely N-dealkylation sites (N-methyl/N-ethyl adjacent to an activating group) is 1. The van der Waals surface area contributed by atoms with Gasteiger partial charge in [0.1, 0.15) is 0 Å². The van der Waals surface area contributed by atoms with E-state index in [1.165, 1.54) is 5.69 Å². The second-order valence-corrected chi connectivity index (χ2v) is 4.77. The van der Waals surface area contributed by atoms with Gasteiger partial charge in [-0.05, 0) is 33.0 Å². The average Bonchev–Trinajstić information content (AvgIpc) is 2.34. The number of anilines is 1. The Kier molecular flexibility index (Phi) is 6.47. The normalized spacial score (nSPS) is 12.5. The van der Waals surface area contributed by atoms with Gasteiger partial charge in [0.05, 0.1) is 6.61 Å². The molecule has 3 nitrogen and oxygen atoms in total. The van der Waals surface area contributed by atoms with Crippen molar-refractivity contribution in [3.05, 3.63) is 28.8 Å². The highest BCUT2D eigenvalue weighted by Crippen LogP contribution is 2.28. The minimum atomic E-state index is 0.328. The molecule has 18 heavy (non-hydrogen) atoms. The van der Waals surface area contributed by atoms with E-state index in [9.17, 15) is 0 Å². The Morgan fingerprint density at radius 2 is 2.17 bits per heavy atom. The number of hydrogen-bond acceptors (Lipinski definition) is 3. The van der Waals surface area contributed by atoms with Gasteiger partial charge in [-0.25, -0.2) is 0 Å². The summed E-state index contributed by atoms with van der Waals surface area (Å²) in [5.74, 6) is 0. The van der Waals surface area contributed by atoms with E-state index in [2.05, 4.69) is 30.1 Å². The Balaban J connectivity index is 3.08. The predicted octanol–water partition coefficient (Wildman–Crippen LogP) is 2.92. The first-order valence-electron chi connectivity index (χ1n) is 6.33. The van der Waals surface area contributed by atoms with Gasteiger partial charge in [0.25, 0.3) is 0 Å². The van der Waals surface area contributed by atoms with E-state index in [1.54, 1.807) is 7.11 Å². The monoisotopic (exact) mass is 270 g/mol. The summed E-state index contributed by atoms with van der Waals surface area (Å²) in [5, 5.41) is 3.98. The van der Waals surface area contributed by atoms with Crippen LogP contribution in [-0.4, -0.2) is 33.4 Å². The molecule has 0 radical (unpaired) electrons. The summed E-state index contributed by atoms with van der Waals surface area (Å²) in [7, 11) is 3.67. The van der Waals surface area contributed by atoms with E-state index in [0.717, 1.165) is 23.7 Å². The standard InChI is InChI=1S/C14H23ClN2O/c1-5-17(11(2)10-18-4)14-8-6-7-13(15)12(14)9-16-3/h6-8,11,16H,5,9-10H2,1-4H3. The van der Waals surface area contributed by atoms with Crippen LogP contribution in [0.1, 0.15) is 19.4 Å². The van der Waals surface area contributed by atoms with Crippen molar-refractivity contribution in [3.8, 4) is 0 Å². The molecule has 4 heteroatoms. The molecule has 1 rings (SSSR count). The molecule has 0 spiro atoms.